The minimum absolute atomic E-state index is 0.244. The summed E-state index contributed by atoms with van der Waals surface area (Å²) in [5.74, 6) is -0.260. The average molecular weight is 376 g/mol. The molecule has 2 aromatic carbocycles. The van der Waals surface area contributed by atoms with Gasteiger partial charge in [0.15, 0.2) is 0 Å². The largest absolute Gasteiger partial charge is 0.338 e. The van der Waals surface area contributed by atoms with Crippen LogP contribution >= 0.6 is 0 Å². The highest BCUT2D eigenvalue weighted by Crippen LogP contribution is 2.43. The topological polar surface area (TPSA) is 69.6 Å². The highest BCUT2D eigenvalue weighted by molar-refractivity contribution is 5.93. The summed E-state index contributed by atoms with van der Waals surface area (Å²) < 4.78 is 0. The molecule has 5 nitrogen and oxygen atoms in total. The number of aryl methyl sites for hydroxylation is 1. The second-order valence-corrected chi connectivity index (χ2v) is 7.70. The summed E-state index contributed by atoms with van der Waals surface area (Å²) in [7, 11) is 0. The zero-order valence-electron chi connectivity index (χ0n) is 15.7. The molecule has 5 heteroatoms. The van der Waals surface area contributed by atoms with E-state index >= 15 is 0 Å². The second kappa shape index (κ2) is 7.60. The van der Waals surface area contributed by atoms with Crippen molar-refractivity contribution in [2.75, 3.05) is 13.1 Å². The van der Waals surface area contributed by atoms with E-state index in [0.29, 0.717) is 12.1 Å². The Morgan fingerprint density at radius 3 is 2.75 bits per heavy atom. The molecule has 2 amide bonds. The molecule has 2 N–H and O–H groups in total. The Morgan fingerprint density at radius 1 is 1.14 bits per heavy atom. The van der Waals surface area contributed by atoms with E-state index in [1.165, 1.54) is 0 Å². The molecule has 144 valence electrons. The van der Waals surface area contributed by atoms with Crippen LogP contribution in [0.5, 0.6) is 0 Å². The monoisotopic (exact) mass is 376 g/mol. The minimum atomic E-state index is -0.503. The van der Waals surface area contributed by atoms with Crippen molar-refractivity contribution in [1.29, 1.82) is 0 Å². The number of carbonyl (C=O) groups is 2. The van der Waals surface area contributed by atoms with E-state index in [0.717, 1.165) is 48.9 Å². The van der Waals surface area contributed by atoms with Crippen LogP contribution in [-0.4, -0.2) is 35.0 Å². The number of carbonyl (C=O) groups excluding carboxylic acids is 2. The fourth-order valence-electron chi connectivity index (χ4n) is 4.41. The highest BCUT2D eigenvalue weighted by atomic mass is 16.5. The van der Waals surface area contributed by atoms with Gasteiger partial charge in [0.25, 0.3) is 5.91 Å². The van der Waals surface area contributed by atoms with Gasteiger partial charge >= 0.3 is 0 Å². The Balaban J connectivity index is 1.44. The van der Waals surface area contributed by atoms with Gasteiger partial charge in [-0.05, 0) is 54.5 Å². The van der Waals surface area contributed by atoms with Gasteiger partial charge < -0.3 is 4.90 Å². The molecule has 0 bridgehead atoms. The molecule has 2 aromatic rings. The molecule has 0 aromatic heterocycles. The molecule has 1 aliphatic carbocycles. The van der Waals surface area contributed by atoms with Crippen molar-refractivity contribution in [2.45, 2.75) is 25.7 Å². The first-order valence-electron chi connectivity index (χ1n) is 9.68. The number of hydrogen-bond acceptors (Lipinski definition) is 3. The molecule has 0 saturated carbocycles. The maximum atomic E-state index is 13.2. The third kappa shape index (κ3) is 3.45. The van der Waals surface area contributed by atoms with Crippen molar-refractivity contribution >= 4 is 17.9 Å². The third-order valence-electron chi connectivity index (χ3n) is 6.01. The molecule has 1 spiro atoms. The molecule has 0 radical (unpaired) electrons. The number of nitrogens with one attached hydrogen (secondary N) is 1. The van der Waals surface area contributed by atoms with Gasteiger partial charge in [0.1, 0.15) is 0 Å². The van der Waals surface area contributed by atoms with Gasteiger partial charge in [0.2, 0.25) is 5.91 Å². The van der Waals surface area contributed by atoms with Crippen molar-refractivity contribution in [3.8, 4) is 0 Å². The number of amides is 2. The fourth-order valence-corrected chi connectivity index (χ4v) is 4.41. The summed E-state index contributed by atoms with van der Waals surface area (Å²) >= 11 is 0. The minimum Gasteiger partial charge on any atom is -0.338 e. The van der Waals surface area contributed by atoms with Gasteiger partial charge in [0.05, 0.1) is 5.41 Å². The Morgan fingerprint density at radius 2 is 1.96 bits per heavy atom. The fraction of sp³-hybridized carbons (Fsp3) is 0.304. The molecule has 1 atom stereocenters. The predicted molar refractivity (Wildman–Crippen MR) is 107 cm³/mol. The summed E-state index contributed by atoms with van der Waals surface area (Å²) in [6, 6.07) is 15.6. The molecule has 0 unspecified atom stereocenters. The van der Waals surface area contributed by atoms with Crippen LogP contribution in [0.15, 0.2) is 54.6 Å². The Labute approximate surface area is 164 Å². The lowest BCUT2D eigenvalue weighted by atomic mass is 9.70. The number of benzene rings is 2. The first kappa shape index (κ1) is 18.4. The van der Waals surface area contributed by atoms with Crippen LogP contribution in [0.2, 0.25) is 0 Å². The number of hydroxylamine groups is 1. The first-order chi connectivity index (χ1) is 13.6. The van der Waals surface area contributed by atoms with E-state index < -0.39 is 5.91 Å². The third-order valence-corrected chi connectivity index (χ3v) is 6.01. The lowest BCUT2D eigenvalue weighted by Crippen LogP contribution is -2.38. The molecular formula is C23H24N2O3. The highest BCUT2D eigenvalue weighted by Gasteiger charge is 2.47. The molecule has 4 rings (SSSR count). The van der Waals surface area contributed by atoms with E-state index in [1.54, 1.807) is 11.5 Å². The van der Waals surface area contributed by atoms with E-state index in [2.05, 4.69) is 12.2 Å². The van der Waals surface area contributed by atoms with Crippen LogP contribution < -0.4 is 5.48 Å². The average Bonchev–Trinajstić information content (AvgIpc) is 3.03. The maximum Gasteiger partial charge on any atom is 0.274 e. The van der Waals surface area contributed by atoms with Gasteiger partial charge in [-0.3, -0.25) is 14.8 Å². The van der Waals surface area contributed by atoms with E-state index in [9.17, 15) is 9.59 Å². The molecule has 2 aliphatic rings. The van der Waals surface area contributed by atoms with Gasteiger partial charge in [-0.15, -0.1) is 0 Å². The zero-order valence-corrected chi connectivity index (χ0v) is 15.7. The summed E-state index contributed by atoms with van der Waals surface area (Å²) in [6.45, 7) is 1.43. The van der Waals surface area contributed by atoms with Gasteiger partial charge in [0, 0.05) is 18.7 Å². The number of hydrogen-bond donors (Lipinski definition) is 2. The Hall–Kier alpha value is -2.92. The number of likely N-dealkylation sites (tertiary alicyclic amines) is 1. The van der Waals surface area contributed by atoms with Crippen molar-refractivity contribution in [1.82, 2.24) is 10.4 Å². The zero-order chi connectivity index (χ0) is 19.6. The van der Waals surface area contributed by atoms with Crippen LogP contribution in [0.25, 0.3) is 6.08 Å². The predicted octanol–water partition coefficient (Wildman–Crippen LogP) is 3.23. The maximum absolute atomic E-state index is 13.2. The summed E-state index contributed by atoms with van der Waals surface area (Å²) in [4.78, 5) is 26.7. The Bertz CT molecular complexity index is 923. The molecule has 1 heterocycles. The summed E-state index contributed by atoms with van der Waals surface area (Å²) in [6.07, 6.45) is 7.30. The molecule has 1 aliphatic heterocycles. The van der Waals surface area contributed by atoms with Crippen LogP contribution in [-0.2, 0) is 17.6 Å². The van der Waals surface area contributed by atoms with Crippen LogP contribution in [0.4, 0.5) is 0 Å². The van der Waals surface area contributed by atoms with E-state index in [4.69, 9.17) is 5.21 Å². The lowest BCUT2D eigenvalue weighted by molar-refractivity contribution is -0.136. The SMILES string of the molecule is O=C(NO)c1ccc2c(c1)CC[C@@]1(CCN(CC=Cc3ccccc3)C1=O)C2. The van der Waals surface area contributed by atoms with Gasteiger partial charge in [-0.1, -0.05) is 48.6 Å². The molecule has 1 saturated heterocycles. The van der Waals surface area contributed by atoms with Crippen LogP contribution in [0.1, 0.15) is 39.9 Å². The quantitative estimate of drug-likeness (QED) is 0.636. The van der Waals surface area contributed by atoms with Crippen molar-refractivity contribution in [3.63, 3.8) is 0 Å². The number of fused-ring (bicyclic) bond motifs is 1. The first-order valence-corrected chi connectivity index (χ1v) is 9.68. The van der Waals surface area contributed by atoms with Crippen molar-refractivity contribution < 1.29 is 14.8 Å². The summed E-state index contributed by atoms with van der Waals surface area (Å²) in [5.41, 5.74) is 5.18. The molecule has 28 heavy (non-hydrogen) atoms. The Kier molecular flexibility index (Phi) is 5.01. The smallest absolute Gasteiger partial charge is 0.274 e. The summed E-state index contributed by atoms with van der Waals surface area (Å²) in [5, 5.41) is 8.81. The lowest BCUT2D eigenvalue weighted by Gasteiger charge is -2.33. The normalized spacial score (nSPS) is 21.3. The van der Waals surface area contributed by atoms with Crippen LogP contribution in [0.3, 0.4) is 0 Å². The van der Waals surface area contributed by atoms with E-state index in [-0.39, 0.29) is 11.3 Å². The number of rotatable bonds is 4. The second-order valence-electron chi connectivity index (χ2n) is 7.70. The van der Waals surface area contributed by atoms with Gasteiger partial charge in [-0.25, -0.2) is 5.48 Å². The van der Waals surface area contributed by atoms with Gasteiger partial charge in [-0.2, -0.15) is 0 Å². The number of nitrogens with zero attached hydrogens (tertiary/aromatic N) is 1. The van der Waals surface area contributed by atoms with Crippen LogP contribution in [0, 0.1) is 5.41 Å². The molecule has 1 fully saturated rings. The van der Waals surface area contributed by atoms with E-state index in [1.807, 2.05) is 47.4 Å². The van der Waals surface area contributed by atoms with Crippen molar-refractivity contribution in [3.05, 3.63) is 76.9 Å². The molecular weight excluding hydrogens is 352 g/mol. The van der Waals surface area contributed by atoms with Crippen molar-refractivity contribution in [2.24, 2.45) is 5.41 Å². The standard InChI is InChI=1S/C23H24N2O3/c26-21(24-28)19-8-9-20-16-23(11-10-18(20)15-19)12-14-25(22(23)27)13-4-7-17-5-2-1-3-6-17/h1-9,15,28H,10-14,16H2,(H,24,26)/t23-/m1/s1.